The first-order chi connectivity index (χ1) is 9.79. The van der Waals surface area contributed by atoms with E-state index in [-0.39, 0.29) is 21.6 Å². The molecule has 0 saturated carbocycles. The predicted molar refractivity (Wildman–Crippen MR) is 72.1 cm³/mol. The smallest absolute Gasteiger partial charge is 0.387 e. The summed E-state index contributed by atoms with van der Waals surface area (Å²) in [5, 5.41) is -0.361. The largest absolute Gasteiger partial charge is 0.435 e. The van der Waals surface area contributed by atoms with Crippen molar-refractivity contribution >= 4 is 27.3 Å². The van der Waals surface area contributed by atoms with Crippen molar-refractivity contribution in [2.24, 2.45) is 7.05 Å². The van der Waals surface area contributed by atoms with Crippen LogP contribution in [-0.2, 0) is 17.1 Å². The van der Waals surface area contributed by atoms with E-state index < -0.39 is 16.6 Å². The summed E-state index contributed by atoms with van der Waals surface area (Å²) >= 11 is 5.82. The molecule has 1 aromatic carbocycles. The van der Waals surface area contributed by atoms with Crippen molar-refractivity contribution in [3.05, 3.63) is 35.7 Å². The van der Waals surface area contributed by atoms with Crippen molar-refractivity contribution in [1.82, 2.24) is 9.55 Å². The fourth-order valence-electron chi connectivity index (χ4n) is 1.48. The number of rotatable bonds is 5. The van der Waals surface area contributed by atoms with Crippen LogP contribution in [0.15, 0.2) is 35.6 Å². The molecule has 0 aliphatic carbocycles. The topological polar surface area (TPSA) is 73.2 Å². The van der Waals surface area contributed by atoms with Gasteiger partial charge in [0.05, 0.1) is 6.33 Å². The number of nitrogens with zero attached hydrogens (tertiary/aromatic N) is 2. The Hall–Kier alpha value is -1.87. The van der Waals surface area contributed by atoms with Crippen LogP contribution in [-0.4, -0.2) is 24.6 Å². The number of hydrogen-bond donors (Lipinski definition) is 1. The second-order valence-electron chi connectivity index (χ2n) is 3.96. The molecular weight excluding hydrogens is 328 g/mol. The maximum Gasteiger partial charge on any atom is 0.387 e. The van der Waals surface area contributed by atoms with E-state index in [1.807, 2.05) is 0 Å². The van der Waals surface area contributed by atoms with Gasteiger partial charge in [-0.3, -0.25) is 4.72 Å². The zero-order chi connectivity index (χ0) is 15.6. The average Bonchev–Trinajstić information content (AvgIpc) is 2.72. The first kappa shape index (κ1) is 15.5. The number of benzene rings is 1. The molecule has 1 N–H and O–H groups in total. The van der Waals surface area contributed by atoms with Gasteiger partial charge in [0.15, 0.2) is 0 Å². The van der Waals surface area contributed by atoms with E-state index in [0.717, 1.165) is 0 Å². The molecule has 0 saturated heterocycles. The van der Waals surface area contributed by atoms with Gasteiger partial charge in [0.1, 0.15) is 10.9 Å². The molecule has 10 heteroatoms. The lowest BCUT2D eigenvalue weighted by Gasteiger charge is -2.08. The van der Waals surface area contributed by atoms with E-state index in [1.54, 1.807) is 7.05 Å². The van der Waals surface area contributed by atoms with Gasteiger partial charge in [-0.1, -0.05) is 11.6 Å². The van der Waals surface area contributed by atoms with Crippen LogP contribution >= 0.6 is 11.6 Å². The molecule has 2 rings (SSSR count). The van der Waals surface area contributed by atoms with Crippen molar-refractivity contribution in [3.8, 4) is 5.75 Å². The molecule has 0 fully saturated rings. The summed E-state index contributed by atoms with van der Waals surface area (Å²) in [5.41, 5.74) is 0.165. The highest BCUT2D eigenvalue weighted by molar-refractivity contribution is 7.92. The number of hydrogen-bond acceptors (Lipinski definition) is 4. The van der Waals surface area contributed by atoms with Gasteiger partial charge in [0, 0.05) is 12.7 Å². The Kier molecular flexibility index (Phi) is 4.33. The molecule has 114 valence electrons. The summed E-state index contributed by atoms with van der Waals surface area (Å²) in [5.74, 6) is -0.0798. The lowest BCUT2D eigenvalue weighted by molar-refractivity contribution is -0.0498. The van der Waals surface area contributed by atoms with Gasteiger partial charge in [0.2, 0.25) is 5.03 Å². The predicted octanol–water partition coefficient (Wildman–Crippen LogP) is 2.48. The molecule has 2 aromatic rings. The molecule has 1 heterocycles. The van der Waals surface area contributed by atoms with Crippen LogP contribution in [0.5, 0.6) is 5.75 Å². The summed E-state index contributed by atoms with van der Waals surface area (Å²) in [6, 6.07) is 4.99. The quantitative estimate of drug-likeness (QED) is 0.909. The van der Waals surface area contributed by atoms with Crippen LogP contribution in [0.4, 0.5) is 14.5 Å². The lowest BCUT2D eigenvalue weighted by Crippen LogP contribution is -2.14. The van der Waals surface area contributed by atoms with Crippen LogP contribution in [0.3, 0.4) is 0 Å². The minimum atomic E-state index is -3.96. The van der Waals surface area contributed by atoms with Gasteiger partial charge in [-0.25, -0.2) is 4.98 Å². The van der Waals surface area contributed by atoms with Crippen LogP contribution in [0.1, 0.15) is 0 Å². The first-order valence-corrected chi connectivity index (χ1v) is 7.40. The van der Waals surface area contributed by atoms with Crippen molar-refractivity contribution in [2.45, 2.75) is 11.6 Å². The zero-order valence-electron chi connectivity index (χ0n) is 10.6. The Balaban J connectivity index is 2.19. The molecule has 0 radical (unpaired) electrons. The van der Waals surface area contributed by atoms with E-state index in [0.29, 0.717) is 0 Å². The van der Waals surface area contributed by atoms with Gasteiger partial charge < -0.3 is 9.30 Å². The van der Waals surface area contributed by atoms with Gasteiger partial charge in [-0.15, -0.1) is 0 Å². The number of sulfonamides is 1. The molecule has 0 atom stereocenters. The minimum absolute atomic E-state index is 0.0415. The van der Waals surface area contributed by atoms with E-state index >= 15 is 0 Å². The van der Waals surface area contributed by atoms with Crippen molar-refractivity contribution in [1.29, 1.82) is 0 Å². The first-order valence-electron chi connectivity index (χ1n) is 5.54. The van der Waals surface area contributed by atoms with Crippen LogP contribution in [0, 0.1) is 0 Å². The zero-order valence-corrected chi connectivity index (χ0v) is 12.2. The molecule has 0 aliphatic heterocycles. The molecular formula is C11H10ClF2N3O3S. The number of alkyl halides is 2. The third-order valence-electron chi connectivity index (χ3n) is 2.42. The molecule has 0 amide bonds. The fraction of sp³-hybridized carbons (Fsp3) is 0.182. The molecule has 6 nitrogen and oxygen atoms in total. The normalized spacial score (nSPS) is 11.7. The molecule has 0 spiro atoms. The Morgan fingerprint density at radius 3 is 2.43 bits per heavy atom. The Morgan fingerprint density at radius 1 is 1.33 bits per heavy atom. The number of nitrogens with one attached hydrogen (secondary N) is 1. The summed E-state index contributed by atoms with van der Waals surface area (Å²) in [6.07, 6.45) is 1.26. The summed E-state index contributed by atoms with van der Waals surface area (Å²) in [6.45, 7) is -2.94. The summed E-state index contributed by atoms with van der Waals surface area (Å²) in [4.78, 5) is 3.70. The summed E-state index contributed by atoms with van der Waals surface area (Å²) in [7, 11) is -2.42. The third kappa shape index (κ3) is 3.61. The SMILES string of the molecule is Cn1cnc(S(=O)(=O)Nc2ccc(OC(F)F)cc2)c1Cl. The highest BCUT2D eigenvalue weighted by Crippen LogP contribution is 2.23. The van der Waals surface area contributed by atoms with E-state index in [9.17, 15) is 17.2 Å². The fourth-order valence-corrected chi connectivity index (χ4v) is 2.97. The maximum atomic E-state index is 12.1. The van der Waals surface area contributed by atoms with Crippen LogP contribution in [0.25, 0.3) is 0 Å². The highest BCUT2D eigenvalue weighted by atomic mass is 35.5. The molecule has 21 heavy (non-hydrogen) atoms. The third-order valence-corrected chi connectivity index (χ3v) is 4.29. The van der Waals surface area contributed by atoms with E-state index in [2.05, 4.69) is 14.4 Å². The van der Waals surface area contributed by atoms with Gasteiger partial charge in [-0.05, 0) is 24.3 Å². The highest BCUT2D eigenvalue weighted by Gasteiger charge is 2.22. The second kappa shape index (κ2) is 5.86. The molecule has 0 bridgehead atoms. The molecule has 0 aliphatic rings. The van der Waals surface area contributed by atoms with Crippen molar-refractivity contribution in [2.75, 3.05) is 4.72 Å². The van der Waals surface area contributed by atoms with Gasteiger partial charge in [0.25, 0.3) is 10.0 Å². The monoisotopic (exact) mass is 337 g/mol. The Labute approximate surface area is 124 Å². The van der Waals surface area contributed by atoms with E-state index in [1.165, 1.54) is 35.2 Å². The maximum absolute atomic E-state index is 12.1. The van der Waals surface area contributed by atoms with Crippen LogP contribution in [0.2, 0.25) is 5.15 Å². The number of imidazole rings is 1. The standard InChI is InChI=1S/C11H10ClF2N3O3S/c1-17-6-15-10(9(17)12)21(18,19)16-7-2-4-8(5-3-7)20-11(13)14/h2-6,11,16H,1H3. The second-order valence-corrected chi connectivity index (χ2v) is 5.92. The lowest BCUT2D eigenvalue weighted by atomic mass is 10.3. The Morgan fingerprint density at radius 2 is 1.95 bits per heavy atom. The number of halogens is 3. The Bertz CT molecular complexity index is 732. The summed E-state index contributed by atoms with van der Waals surface area (Å²) < 4.78 is 55.9. The molecule has 0 unspecified atom stereocenters. The van der Waals surface area contributed by atoms with Gasteiger partial charge in [-0.2, -0.15) is 17.2 Å². The average molecular weight is 338 g/mol. The number of aromatic nitrogens is 2. The van der Waals surface area contributed by atoms with Crippen LogP contribution < -0.4 is 9.46 Å². The van der Waals surface area contributed by atoms with E-state index in [4.69, 9.17) is 11.6 Å². The van der Waals surface area contributed by atoms with Crippen molar-refractivity contribution in [3.63, 3.8) is 0 Å². The van der Waals surface area contributed by atoms with Gasteiger partial charge >= 0.3 is 6.61 Å². The number of ether oxygens (including phenoxy) is 1. The minimum Gasteiger partial charge on any atom is -0.435 e. The number of aryl methyl sites for hydroxylation is 1. The molecule has 1 aromatic heterocycles. The number of anilines is 1. The van der Waals surface area contributed by atoms with Crippen molar-refractivity contribution < 1.29 is 21.9 Å².